The van der Waals surface area contributed by atoms with Crippen molar-refractivity contribution in [2.24, 2.45) is 0 Å². The molecule has 4 heterocycles. The van der Waals surface area contributed by atoms with Gasteiger partial charge in [-0.2, -0.15) is 9.40 Å². The highest BCUT2D eigenvalue weighted by Crippen LogP contribution is 2.33. The highest BCUT2D eigenvalue weighted by molar-refractivity contribution is 7.89. The molecule has 1 unspecified atom stereocenters. The third kappa shape index (κ3) is 6.80. The second-order valence-corrected chi connectivity index (χ2v) is 13.2. The Morgan fingerprint density at radius 1 is 1.15 bits per heavy atom. The van der Waals surface area contributed by atoms with E-state index in [-0.39, 0.29) is 11.8 Å². The molecule has 1 fully saturated rings. The molecule has 1 aromatic carbocycles. The van der Waals surface area contributed by atoms with E-state index in [2.05, 4.69) is 34.1 Å². The van der Waals surface area contributed by atoms with Gasteiger partial charge in [-0.1, -0.05) is 25.2 Å². The van der Waals surface area contributed by atoms with Crippen LogP contribution in [0.4, 0.5) is 5.13 Å². The van der Waals surface area contributed by atoms with Crippen LogP contribution in [-0.2, 0) is 16.6 Å². The Kier molecular flexibility index (Phi) is 8.99. The Hall–Kier alpha value is -3.06. The molecule has 5 rings (SSSR count). The molecule has 40 heavy (non-hydrogen) atoms. The molecule has 1 saturated heterocycles. The van der Waals surface area contributed by atoms with Gasteiger partial charge in [0, 0.05) is 55.8 Å². The lowest BCUT2D eigenvalue weighted by atomic mass is 10.1. The van der Waals surface area contributed by atoms with Gasteiger partial charge in [0.15, 0.2) is 5.13 Å². The van der Waals surface area contributed by atoms with Crippen molar-refractivity contribution in [3.63, 3.8) is 0 Å². The molecule has 1 aliphatic rings. The lowest BCUT2D eigenvalue weighted by Gasteiger charge is -2.31. The first-order chi connectivity index (χ1) is 19.4. The van der Waals surface area contributed by atoms with Gasteiger partial charge in [-0.15, -0.1) is 0 Å². The summed E-state index contributed by atoms with van der Waals surface area (Å²) < 4.78 is 35.4. The van der Waals surface area contributed by atoms with Gasteiger partial charge in [-0.05, 0) is 51.1 Å². The zero-order valence-electron chi connectivity index (χ0n) is 23.3. The Morgan fingerprint density at radius 3 is 2.77 bits per heavy atom. The number of fused-ring (bicyclic) bond motifs is 1. The maximum absolute atomic E-state index is 12.3. The van der Waals surface area contributed by atoms with E-state index in [1.54, 1.807) is 28.8 Å². The summed E-state index contributed by atoms with van der Waals surface area (Å²) in [5, 5.41) is 8.76. The van der Waals surface area contributed by atoms with Crippen LogP contribution in [-0.4, -0.2) is 81.9 Å². The molecule has 214 valence electrons. The van der Waals surface area contributed by atoms with Crippen molar-refractivity contribution in [2.75, 3.05) is 43.8 Å². The van der Waals surface area contributed by atoms with Crippen LogP contribution >= 0.6 is 11.3 Å². The topological polar surface area (TPSA) is 105 Å². The minimum absolute atomic E-state index is 0.0446. The molecule has 0 amide bonds. The molecule has 1 N–H and O–H groups in total. The third-order valence-corrected chi connectivity index (χ3v) is 10.1. The summed E-state index contributed by atoms with van der Waals surface area (Å²) in [6, 6.07) is 9.66. The standard InChI is InChI=1S/C28H37N7O3S2/c1-4-33(5-2)14-15-34-19-21(18-30-34)26-16-24(11-12-29-26)38-23-9-10-25-27(17-23)39-28(32-25)31-22-8-7-13-35(20-22)40(36,37)6-3/h9-12,16-19,22H,4-8,13-15,20H2,1-3H3,(H,31,32). The van der Waals surface area contributed by atoms with Crippen molar-refractivity contribution in [3.8, 4) is 22.8 Å². The minimum Gasteiger partial charge on any atom is -0.457 e. The van der Waals surface area contributed by atoms with E-state index < -0.39 is 10.0 Å². The van der Waals surface area contributed by atoms with Crippen molar-refractivity contribution in [1.82, 2.24) is 29.0 Å². The molecule has 0 aliphatic carbocycles. The normalized spacial score (nSPS) is 16.6. The van der Waals surface area contributed by atoms with E-state index in [0.29, 0.717) is 24.6 Å². The zero-order valence-corrected chi connectivity index (χ0v) is 24.9. The molecule has 1 aliphatic heterocycles. The average Bonchev–Trinajstić information content (AvgIpc) is 3.60. The van der Waals surface area contributed by atoms with Crippen LogP contribution in [0.25, 0.3) is 21.5 Å². The number of piperidine rings is 1. The summed E-state index contributed by atoms with van der Waals surface area (Å²) in [6.07, 6.45) is 7.37. The van der Waals surface area contributed by atoms with Crippen molar-refractivity contribution in [3.05, 3.63) is 48.9 Å². The van der Waals surface area contributed by atoms with Gasteiger partial charge in [-0.3, -0.25) is 9.67 Å². The Balaban J connectivity index is 1.24. The Bertz CT molecular complexity index is 1530. The first-order valence-corrected chi connectivity index (χ1v) is 16.3. The molecular weight excluding hydrogens is 546 g/mol. The number of ether oxygens (including phenoxy) is 1. The van der Waals surface area contributed by atoms with Crippen LogP contribution in [0.15, 0.2) is 48.9 Å². The first-order valence-electron chi connectivity index (χ1n) is 13.9. The molecular formula is C28H37N7O3S2. The number of thiazole rings is 1. The molecule has 0 spiro atoms. The van der Waals surface area contributed by atoms with Crippen LogP contribution in [0, 0.1) is 0 Å². The predicted octanol–water partition coefficient (Wildman–Crippen LogP) is 4.91. The van der Waals surface area contributed by atoms with Crippen LogP contribution in [0.1, 0.15) is 33.6 Å². The van der Waals surface area contributed by atoms with Gasteiger partial charge in [-0.25, -0.2) is 13.4 Å². The summed E-state index contributed by atoms with van der Waals surface area (Å²) >= 11 is 1.55. The number of hydrogen-bond donors (Lipinski definition) is 1. The summed E-state index contributed by atoms with van der Waals surface area (Å²) in [4.78, 5) is 11.6. The monoisotopic (exact) mass is 583 g/mol. The lowest BCUT2D eigenvalue weighted by molar-refractivity contribution is 0.285. The van der Waals surface area contributed by atoms with E-state index in [1.165, 1.54) is 0 Å². The molecule has 0 saturated carbocycles. The third-order valence-electron chi connectivity index (χ3n) is 7.27. The second kappa shape index (κ2) is 12.6. The number of nitrogens with one attached hydrogen (secondary N) is 1. The van der Waals surface area contributed by atoms with Crippen LogP contribution in [0.2, 0.25) is 0 Å². The molecule has 10 nitrogen and oxygen atoms in total. The highest BCUT2D eigenvalue weighted by atomic mass is 32.2. The summed E-state index contributed by atoms with van der Waals surface area (Å²) in [5.74, 6) is 1.54. The smallest absolute Gasteiger partial charge is 0.213 e. The summed E-state index contributed by atoms with van der Waals surface area (Å²) in [6.45, 7) is 10.9. The van der Waals surface area contributed by atoms with Gasteiger partial charge in [0.25, 0.3) is 0 Å². The van der Waals surface area contributed by atoms with Crippen molar-refractivity contribution >= 4 is 36.7 Å². The molecule has 0 bridgehead atoms. The number of sulfonamides is 1. The van der Waals surface area contributed by atoms with E-state index in [0.717, 1.165) is 65.6 Å². The number of likely N-dealkylation sites (N-methyl/N-ethyl adjacent to an activating group) is 1. The number of pyridine rings is 1. The van der Waals surface area contributed by atoms with Gasteiger partial charge in [0.05, 0.1) is 34.4 Å². The average molecular weight is 584 g/mol. The number of aromatic nitrogens is 4. The molecule has 4 aromatic rings. The Morgan fingerprint density at radius 2 is 1.98 bits per heavy atom. The van der Waals surface area contributed by atoms with E-state index in [9.17, 15) is 8.42 Å². The molecule has 12 heteroatoms. The van der Waals surface area contributed by atoms with Crippen molar-refractivity contribution in [1.29, 1.82) is 0 Å². The SMILES string of the molecule is CCN(CC)CCn1cc(-c2cc(Oc3ccc4nc(NC5CCCN(S(=O)(=O)CC)C5)sc4c3)ccn2)cn1. The van der Waals surface area contributed by atoms with E-state index in [4.69, 9.17) is 9.72 Å². The largest absolute Gasteiger partial charge is 0.457 e. The summed E-state index contributed by atoms with van der Waals surface area (Å²) in [5.41, 5.74) is 2.64. The van der Waals surface area contributed by atoms with Gasteiger partial charge in [0.2, 0.25) is 10.0 Å². The number of hydrogen-bond acceptors (Lipinski definition) is 9. The van der Waals surface area contributed by atoms with Gasteiger partial charge in [0.1, 0.15) is 11.5 Å². The fourth-order valence-electron chi connectivity index (χ4n) is 4.87. The number of rotatable bonds is 12. The number of anilines is 1. The first kappa shape index (κ1) is 28.5. The summed E-state index contributed by atoms with van der Waals surface area (Å²) in [7, 11) is -3.19. The van der Waals surface area contributed by atoms with Crippen LogP contribution in [0.5, 0.6) is 11.5 Å². The Labute approximate surface area is 240 Å². The quantitative estimate of drug-likeness (QED) is 0.251. The molecule has 0 radical (unpaired) electrons. The van der Waals surface area contributed by atoms with E-state index in [1.807, 2.05) is 47.4 Å². The lowest BCUT2D eigenvalue weighted by Crippen LogP contribution is -2.45. The zero-order chi connectivity index (χ0) is 28.1. The van der Waals surface area contributed by atoms with Crippen LogP contribution in [0.3, 0.4) is 0 Å². The minimum atomic E-state index is -3.19. The molecule has 3 aromatic heterocycles. The number of benzene rings is 1. The number of nitrogens with zero attached hydrogens (tertiary/aromatic N) is 6. The van der Waals surface area contributed by atoms with Gasteiger partial charge < -0.3 is 15.0 Å². The van der Waals surface area contributed by atoms with Gasteiger partial charge >= 0.3 is 0 Å². The maximum atomic E-state index is 12.3. The molecule has 1 atom stereocenters. The van der Waals surface area contributed by atoms with Crippen LogP contribution < -0.4 is 10.1 Å². The van der Waals surface area contributed by atoms with Crippen molar-refractivity contribution < 1.29 is 13.2 Å². The van der Waals surface area contributed by atoms with Crippen molar-refractivity contribution in [2.45, 2.75) is 46.2 Å². The predicted molar refractivity (Wildman–Crippen MR) is 161 cm³/mol. The highest BCUT2D eigenvalue weighted by Gasteiger charge is 2.28. The fraction of sp³-hybridized carbons (Fsp3) is 0.464. The second-order valence-electron chi connectivity index (χ2n) is 9.89. The van der Waals surface area contributed by atoms with E-state index >= 15 is 0 Å². The maximum Gasteiger partial charge on any atom is 0.213 e. The fourth-order valence-corrected chi connectivity index (χ4v) is 7.02.